The molecule has 1 rings (SSSR count). The van der Waals surface area contributed by atoms with Gasteiger partial charge in [-0.05, 0) is 38.5 Å². The quantitative estimate of drug-likeness (QED) is 0.831. The van der Waals surface area contributed by atoms with E-state index in [0.29, 0.717) is 11.3 Å². The number of aliphatic hydroxyl groups is 1. The lowest BCUT2D eigenvalue weighted by molar-refractivity contribution is 0.176. The van der Waals surface area contributed by atoms with E-state index in [2.05, 4.69) is 0 Å². The van der Waals surface area contributed by atoms with Gasteiger partial charge < -0.3 is 9.84 Å². The Morgan fingerprint density at radius 3 is 2.60 bits per heavy atom. The van der Waals surface area contributed by atoms with E-state index in [1.54, 1.807) is 13.0 Å². The van der Waals surface area contributed by atoms with E-state index >= 15 is 0 Å². The molecule has 0 bridgehead atoms. The summed E-state index contributed by atoms with van der Waals surface area (Å²) in [7, 11) is 0. The van der Waals surface area contributed by atoms with Crippen LogP contribution in [0.4, 0.5) is 4.39 Å². The number of ether oxygens (including phenoxy) is 1. The fourth-order valence-electron chi connectivity index (χ4n) is 1.25. The van der Waals surface area contributed by atoms with Crippen LogP contribution in [0.5, 0.6) is 5.75 Å². The third-order valence-electron chi connectivity index (χ3n) is 2.32. The molecule has 0 aliphatic rings. The Morgan fingerprint density at radius 2 is 2.07 bits per heavy atom. The van der Waals surface area contributed by atoms with Crippen LogP contribution in [0.1, 0.15) is 38.9 Å². The van der Waals surface area contributed by atoms with Gasteiger partial charge in [-0.1, -0.05) is 6.92 Å². The van der Waals surface area contributed by atoms with E-state index in [9.17, 15) is 9.50 Å². The SMILES string of the molecule is CCC(C)Oc1ccc(F)cc1C(C)O. The number of rotatable bonds is 4. The van der Waals surface area contributed by atoms with Crippen LogP contribution in [0, 0.1) is 5.82 Å². The summed E-state index contributed by atoms with van der Waals surface area (Å²) < 4.78 is 18.5. The maximum atomic E-state index is 13.0. The van der Waals surface area contributed by atoms with Crippen LogP contribution in [0.3, 0.4) is 0 Å². The van der Waals surface area contributed by atoms with Crippen molar-refractivity contribution >= 4 is 0 Å². The molecule has 0 aliphatic heterocycles. The standard InChI is InChI=1S/C12H17FO2/c1-4-8(2)15-12-6-5-10(13)7-11(12)9(3)14/h5-9,14H,4H2,1-3H3. The highest BCUT2D eigenvalue weighted by molar-refractivity contribution is 5.35. The summed E-state index contributed by atoms with van der Waals surface area (Å²) in [6.07, 6.45) is 0.212. The van der Waals surface area contributed by atoms with E-state index in [4.69, 9.17) is 4.74 Å². The van der Waals surface area contributed by atoms with Gasteiger partial charge in [0.15, 0.2) is 0 Å². The molecule has 0 aromatic heterocycles. The molecule has 0 heterocycles. The van der Waals surface area contributed by atoms with Crippen LogP contribution in [0.2, 0.25) is 0 Å². The zero-order valence-electron chi connectivity index (χ0n) is 9.33. The van der Waals surface area contributed by atoms with E-state index < -0.39 is 6.10 Å². The first-order chi connectivity index (χ1) is 7.04. The first-order valence-electron chi connectivity index (χ1n) is 5.18. The second kappa shape index (κ2) is 5.12. The lowest BCUT2D eigenvalue weighted by Gasteiger charge is -2.17. The largest absolute Gasteiger partial charge is 0.490 e. The van der Waals surface area contributed by atoms with Crippen LogP contribution in [-0.2, 0) is 0 Å². The van der Waals surface area contributed by atoms with Gasteiger partial charge in [0.1, 0.15) is 11.6 Å². The highest BCUT2D eigenvalue weighted by Crippen LogP contribution is 2.27. The summed E-state index contributed by atoms with van der Waals surface area (Å²) in [6.45, 7) is 5.55. The molecule has 1 N–H and O–H groups in total. The lowest BCUT2D eigenvalue weighted by Crippen LogP contribution is -2.12. The number of aliphatic hydroxyl groups excluding tert-OH is 1. The van der Waals surface area contributed by atoms with Crippen LogP contribution in [0.25, 0.3) is 0 Å². The summed E-state index contributed by atoms with van der Waals surface area (Å²) in [4.78, 5) is 0. The van der Waals surface area contributed by atoms with Crippen molar-refractivity contribution in [3.05, 3.63) is 29.6 Å². The van der Waals surface area contributed by atoms with Crippen molar-refractivity contribution in [2.24, 2.45) is 0 Å². The number of hydrogen-bond acceptors (Lipinski definition) is 2. The topological polar surface area (TPSA) is 29.5 Å². The maximum absolute atomic E-state index is 13.0. The lowest BCUT2D eigenvalue weighted by atomic mass is 10.1. The van der Waals surface area contributed by atoms with Crippen molar-refractivity contribution in [2.75, 3.05) is 0 Å². The van der Waals surface area contributed by atoms with Crippen LogP contribution in [0.15, 0.2) is 18.2 Å². The number of halogens is 1. The third kappa shape index (κ3) is 3.20. The average Bonchev–Trinajstić information content (AvgIpc) is 2.20. The van der Waals surface area contributed by atoms with Gasteiger partial charge in [-0.15, -0.1) is 0 Å². The van der Waals surface area contributed by atoms with Crippen molar-refractivity contribution in [1.29, 1.82) is 0 Å². The molecule has 2 nitrogen and oxygen atoms in total. The fourth-order valence-corrected chi connectivity index (χ4v) is 1.25. The van der Waals surface area contributed by atoms with E-state index in [0.717, 1.165) is 6.42 Å². The second-order valence-electron chi connectivity index (χ2n) is 3.69. The molecular weight excluding hydrogens is 195 g/mol. The highest BCUT2D eigenvalue weighted by atomic mass is 19.1. The molecule has 0 radical (unpaired) electrons. The van der Waals surface area contributed by atoms with Crippen LogP contribution in [-0.4, -0.2) is 11.2 Å². The Balaban J connectivity index is 2.95. The van der Waals surface area contributed by atoms with Gasteiger partial charge in [-0.2, -0.15) is 0 Å². The summed E-state index contributed by atoms with van der Waals surface area (Å²) in [5, 5.41) is 9.47. The summed E-state index contributed by atoms with van der Waals surface area (Å²) in [5.41, 5.74) is 0.496. The van der Waals surface area contributed by atoms with E-state index in [-0.39, 0.29) is 11.9 Å². The molecule has 15 heavy (non-hydrogen) atoms. The molecule has 0 saturated carbocycles. The van der Waals surface area contributed by atoms with E-state index in [1.165, 1.54) is 12.1 Å². The molecule has 0 amide bonds. The third-order valence-corrected chi connectivity index (χ3v) is 2.32. The van der Waals surface area contributed by atoms with Crippen molar-refractivity contribution in [1.82, 2.24) is 0 Å². The Bertz CT molecular complexity index is 323. The molecule has 0 fully saturated rings. The average molecular weight is 212 g/mol. The van der Waals surface area contributed by atoms with Crippen molar-refractivity contribution in [2.45, 2.75) is 39.4 Å². The van der Waals surface area contributed by atoms with Gasteiger partial charge in [0.25, 0.3) is 0 Å². The summed E-state index contributed by atoms with van der Waals surface area (Å²) in [6, 6.07) is 4.20. The van der Waals surface area contributed by atoms with Gasteiger partial charge in [0.05, 0.1) is 12.2 Å². The minimum atomic E-state index is -0.722. The monoisotopic (exact) mass is 212 g/mol. The molecule has 84 valence electrons. The normalized spacial score (nSPS) is 14.7. The Kier molecular flexibility index (Phi) is 4.09. The first kappa shape index (κ1) is 12.0. The highest BCUT2D eigenvalue weighted by Gasteiger charge is 2.12. The maximum Gasteiger partial charge on any atom is 0.125 e. The minimum Gasteiger partial charge on any atom is -0.490 e. The molecule has 1 aromatic carbocycles. The smallest absolute Gasteiger partial charge is 0.125 e. The molecule has 0 saturated heterocycles. The van der Waals surface area contributed by atoms with Gasteiger partial charge in [0, 0.05) is 5.56 Å². The van der Waals surface area contributed by atoms with Crippen molar-refractivity contribution < 1.29 is 14.2 Å². The molecular formula is C12H17FO2. The Morgan fingerprint density at radius 1 is 1.40 bits per heavy atom. The molecule has 2 atom stereocenters. The molecule has 1 aromatic rings. The summed E-state index contributed by atoms with van der Waals surface area (Å²) >= 11 is 0. The van der Waals surface area contributed by atoms with Gasteiger partial charge >= 0.3 is 0 Å². The predicted octanol–water partition coefficient (Wildman–Crippen LogP) is 3.06. The number of benzene rings is 1. The first-order valence-corrected chi connectivity index (χ1v) is 5.18. The van der Waals surface area contributed by atoms with Gasteiger partial charge in [0.2, 0.25) is 0 Å². The summed E-state index contributed by atoms with van der Waals surface area (Å²) in [5.74, 6) is 0.197. The Labute approximate surface area is 89.7 Å². The fraction of sp³-hybridized carbons (Fsp3) is 0.500. The predicted molar refractivity (Wildman–Crippen MR) is 57.4 cm³/mol. The van der Waals surface area contributed by atoms with Crippen LogP contribution >= 0.6 is 0 Å². The number of hydrogen-bond donors (Lipinski definition) is 1. The molecule has 3 heteroatoms. The second-order valence-corrected chi connectivity index (χ2v) is 3.69. The molecule has 0 aliphatic carbocycles. The Hall–Kier alpha value is -1.09. The zero-order valence-corrected chi connectivity index (χ0v) is 9.33. The zero-order chi connectivity index (χ0) is 11.4. The molecule has 2 unspecified atom stereocenters. The van der Waals surface area contributed by atoms with Crippen molar-refractivity contribution in [3.8, 4) is 5.75 Å². The minimum absolute atomic E-state index is 0.0629. The van der Waals surface area contributed by atoms with Crippen LogP contribution < -0.4 is 4.74 Å². The van der Waals surface area contributed by atoms with Crippen molar-refractivity contribution in [3.63, 3.8) is 0 Å². The molecule has 0 spiro atoms. The van der Waals surface area contributed by atoms with Gasteiger partial charge in [-0.3, -0.25) is 0 Å². The van der Waals surface area contributed by atoms with E-state index in [1.807, 2.05) is 13.8 Å². The van der Waals surface area contributed by atoms with Gasteiger partial charge in [-0.25, -0.2) is 4.39 Å².